The van der Waals surface area contributed by atoms with E-state index in [0.717, 1.165) is 22.4 Å². The smallest absolute Gasteiger partial charge is 0.235 e. The van der Waals surface area contributed by atoms with Gasteiger partial charge in [0.2, 0.25) is 5.91 Å². The average molecular weight is 352 g/mol. The van der Waals surface area contributed by atoms with Gasteiger partial charge in [0, 0.05) is 23.5 Å². The van der Waals surface area contributed by atoms with Crippen molar-refractivity contribution in [1.82, 2.24) is 15.2 Å². The van der Waals surface area contributed by atoms with Crippen LogP contribution in [-0.2, 0) is 11.4 Å². The Morgan fingerprint density at radius 2 is 2.20 bits per heavy atom. The molecule has 1 amide bonds. The van der Waals surface area contributed by atoms with Crippen LogP contribution in [0.1, 0.15) is 21.9 Å². The molecule has 25 heavy (non-hydrogen) atoms. The number of nitrogens with zero attached hydrogens (tertiary/aromatic N) is 2. The molecule has 1 atom stereocenters. The van der Waals surface area contributed by atoms with Gasteiger partial charge < -0.3 is 10.1 Å². The Bertz CT molecular complexity index is 882. The summed E-state index contributed by atoms with van der Waals surface area (Å²) in [7, 11) is 0. The summed E-state index contributed by atoms with van der Waals surface area (Å²) < 4.78 is 5.89. The molecule has 1 aliphatic heterocycles. The first-order valence-electron chi connectivity index (χ1n) is 7.86. The van der Waals surface area contributed by atoms with Crippen molar-refractivity contribution < 1.29 is 9.53 Å². The average Bonchev–Trinajstić information content (AvgIpc) is 3.03. The lowest BCUT2D eigenvalue weighted by Crippen LogP contribution is -2.12. The van der Waals surface area contributed by atoms with Crippen LogP contribution in [0.4, 0.5) is 5.82 Å². The highest BCUT2D eigenvalue weighted by molar-refractivity contribution is 8.00. The number of thioether (sulfide) groups is 1. The van der Waals surface area contributed by atoms with Crippen LogP contribution in [0.15, 0.2) is 55.0 Å². The molecule has 0 saturated heterocycles. The lowest BCUT2D eigenvalue weighted by molar-refractivity contribution is -0.113. The molecule has 1 aromatic carbocycles. The lowest BCUT2D eigenvalue weighted by Gasteiger charge is -2.15. The van der Waals surface area contributed by atoms with Crippen LogP contribution in [0.3, 0.4) is 0 Å². The van der Waals surface area contributed by atoms with Gasteiger partial charge in [-0.3, -0.25) is 14.9 Å². The molecule has 2 aromatic heterocycles. The standard InChI is InChI=1S/C18H16N4O2S/c23-16-11-25-17(15-9-20-22-18(15)21-16)13-4-1-5-14(7-13)24-10-12-3-2-6-19-8-12/h1-9,17H,10-11H2,(H2,20,21,22,23)/t17-/m1/s1. The van der Waals surface area contributed by atoms with Crippen molar-refractivity contribution in [3.8, 4) is 5.75 Å². The summed E-state index contributed by atoms with van der Waals surface area (Å²) in [5.74, 6) is 1.83. The second-order valence-corrected chi connectivity index (χ2v) is 6.76. The van der Waals surface area contributed by atoms with E-state index in [0.29, 0.717) is 18.2 Å². The highest BCUT2D eigenvalue weighted by atomic mass is 32.2. The van der Waals surface area contributed by atoms with Crippen molar-refractivity contribution in [2.45, 2.75) is 11.9 Å². The van der Waals surface area contributed by atoms with E-state index in [1.807, 2.05) is 36.4 Å². The number of carbonyl (C=O) groups excluding carboxylic acids is 1. The minimum Gasteiger partial charge on any atom is -0.489 e. The fourth-order valence-corrected chi connectivity index (χ4v) is 3.80. The summed E-state index contributed by atoms with van der Waals surface area (Å²) in [6.07, 6.45) is 5.30. The number of carbonyl (C=O) groups is 1. The van der Waals surface area contributed by atoms with E-state index < -0.39 is 0 Å². The van der Waals surface area contributed by atoms with Crippen molar-refractivity contribution in [2.75, 3.05) is 11.1 Å². The van der Waals surface area contributed by atoms with Crippen LogP contribution < -0.4 is 10.1 Å². The SMILES string of the molecule is O=C1CS[C@H](c2cccc(OCc3cccnc3)c2)c2cn[nH]c2N1. The minimum absolute atomic E-state index is 0.0228. The maximum absolute atomic E-state index is 11.8. The number of nitrogens with one attached hydrogen (secondary N) is 2. The molecule has 0 radical (unpaired) electrons. The quantitative estimate of drug-likeness (QED) is 0.754. The van der Waals surface area contributed by atoms with Crippen molar-refractivity contribution >= 4 is 23.5 Å². The third kappa shape index (κ3) is 3.51. The number of aromatic nitrogens is 3. The number of anilines is 1. The van der Waals surface area contributed by atoms with Crippen LogP contribution >= 0.6 is 11.8 Å². The summed E-state index contributed by atoms with van der Waals surface area (Å²) in [6.45, 7) is 0.464. The summed E-state index contributed by atoms with van der Waals surface area (Å²) in [5, 5.41) is 9.79. The van der Waals surface area contributed by atoms with Crippen LogP contribution in [-0.4, -0.2) is 26.8 Å². The Morgan fingerprint density at radius 1 is 1.24 bits per heavy atom. The van der Waals surface area contributed by atoms with E-state index in [9.17, 15) is 4.79 Å². The number of H-pyrrole nitrogens is 1. The molecular weight excluding hydrogens is 336 g/mol. The van der Waals surface area contributed by atoms with Crippen molar-refractivity contribution in [2.24, 2.45) is 0 Å². The monoisotopic (exact) mass is 352 g/mol. The summed E-state index contributed by atoms with van der Waals surface area (Å²) >= 11 is 1.58. The minimum atomic E-state index is -0.0259. The van der Waals surface area contributed by atoms with E-state index >= 15 is 0 Å². The number of pyridine rings is 1. The molecule has 0 spiro atoms. The molecule has 0 saturated carbocycles. The Labute approximate surface area is 149 Å². The number of hydrogen-bond acceptors (Lipinski definition) is 5. The molecule has 3 heterocycles. The number of aromatic amines is 1. The first-order chi connectivity index (χ1) is 12.3. The molecule has 2 N–H and O–H groups in total. The van der Waals surface area contributed by atoms with Crippen LogP contribution in [0.5, 0.6) is 5.75 Å². The Balaban J connectivity index is 1.56. The molecule has 126 valence electrons. The van der Waals surface area contributed by atoms with Gasteiger partial charge in [0.15, 0.2) is 0 Å². The van der Waals surface area contributed by atoms with Gasteiger partial charge in [-0.2, -0.15) is 5.10 Å². The lowest BCUT2D eigenvalue weighted by atomic mass is 10.1. The largest absolute Gasteiger partial charge is 0.489 e. The molecule has 0 aliphatic carbocycles. The molecule has 4 rings (SSSR count). The normalized spacial score (nSPS) is 16.6. The maximum Gasteiger partial charge on any atom is 0.235 e. The first kappa shape index (κ1) is 15.7. The second kappa shape index (κ2) is 6.98. The number of fused-ring (bicyclic) bond motifs is 1. The van der Waals surface area contributed by atoms with E-state index in [4.69, 9.17) is 4.74 Å². The van der Waals surface area contributed by atoms with Gasteiger partial charge in [0.25, 0.3) is 0 Å². The summed E-state index contributed by atoms with van der Waals surface area (Å²) in [4.78, 5) is 15.9. The predicted octanol–water partition coefficient (Wildman–Crippen LogP) is 3.16. The van der Waals surface area contributed by atoms with Gasteiger partial charge in [-0.05, 0) is 23.8 Å². The van der Waals surface area contributed by atoms with Crippen LogP contribution in [0, 0.1) is 0 Å². The van der Waals surface area contributed by atoms with Gasteiger partial charge in [-0.15, -0.1) is 11.8 Å². The summed E-state index contributed by atoms with van der Waals surface area (Å²) in [5.41, 5.74) is 3.07. The molecule has 1 aliphatic rings. The first-order valence-corrected chi connectivity index (χ1v) is 8.91. The number of hydrogen-bond donors (Lipinski definition) is 2. The van der Waals surface area contributed by atoms with E-state index in [2.05, 4.69) is 20.5 Å². The van der Waals surface area contributed by atoms with Gasteiger partial charge in [0.05, 0.1) is 17.2 Å². The van der Waals surface area contributed by atoms with Gasteiger partial charge >= 0.3 is 0 Å². The molecule has 0 unspecified atom stereocenters. The Kier molecular flexibility index (Phi) is 4.39. The van der Waals surface area contributed by atoms with E-state index in [1.54, 1.807) is 30.4 Å². The number of rotatable bonds is 4. The van der Waals surface area contributed by atoms with E-state index in [1.165, 1.54) is 0 Å². The highest BCUT2D eigenvalue weighted by Crippen LogP contribution is 2.41. The van der Waals surface area contributed by atoms with Gasteiger partial charge in [-0.25, -0.2) is 0 Å². The zero-order chi connectivity index (χ0) is 17.1. The fourth-order valence-electron chi connectivity index (χ4n) is 2.71. The van der Waals surface area contributed by atoms with Gasteiger partial charge in [-0.1, -0.05) is 18.2 Å². The topological polar surface area (TPSA) is 79.9 Å². The number of benzene rings is 1. The number of amides is 1. The van der Waals surface area contributed by atoms with Crippen LogP contribution in [0.2, 0.25) is 0 Å². The van der Waals surface area contributed by atoms with E-state index in [-0.39, 0.29) is 11.2 Å². The molecule has 0 bridgehead atoms. The Hall–Kier alpha value is -2.80. The fraction of sp³-hybridized carbons (Fsp3) is 0.167. The van der Waals surface area contributed by atoms with Crippen molar-refractivity contribution in [3.63, 3.8) is 0 Å². The zero-order valence-electron chi connectivity index (χ0n) is 13.3. The highest BCUT2D eigenvalue weighted by Gasteiger charge is 2.25. The molecule has 6 nitrogen and oxygen atoms in total. The third-order valence-electron chi connectivity index (χ3n) is 3.89. The van der Waals surface area contributed by atoms with Crippen molar-refractivity contribution in [3.05, 3.63) is 71.7 Å². The molecule has 3 aromatic rings. The van der Waals surface area contributed by atoms with Crippen LogP contribution in [0.25, 0.3) is 0 Å². The maximum atomic E-state index is 11.8. The van der Waals surface area contributed by atoms with Crippen molar-refractivity contribution in [1.29, 1.82) is 0 Å². The molecule has 0 fully saturated rings. The van der Waals surface area contributed by atoms with Gasteiger partial charge in [0.1, 0.15) is 18.2 Å². The zero-order valence-corrected chi connectivity index (χ0v) is 14.1. The Morgan fingerprint density at radius 3 is 3.08 bits per heavy atom. The molecule has 7 heteroatoms. The summed E-state index contributed by atoms with van der Waals surface area (Å²) in [6, 6.07) is 11.8. The number of ether oxygens (including phenoxy) is 1. The third-order valence-corrected chi connectivity index (χ3v) is 5.17. The second-order valence-electron chi connectivity index (χ2n) is 5.66. The predicted molar refractivity (Wildman–Crippen MR) is 96.5 cm³/mol. The molecular formula is C18H16N4O2S.